The molecular weight excluding hydrogens is 174 g/mol. The Kier molecular flexibility index (Phi) is 3.76. The molecule has 0 bridgehead atoms. The van der Waals surface area contributed by atoms with Crippen LogP contribution in [0.4, 0.5) is 0 Å². The Hall–Kier alpha value is -0.870. The van der Waals surface area contributed by atoms with Crippen LogP contribution in [0.25, 0.3) is 0 Å². The summed E-state index contributed by atoms with van der Waals surface area (Å²) >= 11 is 1.33. The van der Waals surface area contributed by atoms with Gasteiger partial charge in [-0.2, -0.15) is 0 Å². The molecule has 0 atom stereocenters. The Balaban J connectivity index is 2.38. The molecule has 0 aliphatic carbocycles. The minimum atomic E-state index is -0.389. The van der Waals surface area contributed by atoms with Gasteiger partial charge in [0, 0.05) is 6.20 Å². The van der Waals surface area contributed by atoms with Gasteiger partial charge in [0.15, 0.2) is 5.78 Å². The highest BCUT2D eigenvalue weighted by Crippen LogP contribution is 2.13. The minimum Gasteiger partial charge on any atom is -0.389 e. The zero-order valence-corrected chi connectivity index (χ0v) is 7.25. The number of hydrogen-bond acceptors (Lipinski definition) is 4. The lowest BCUT2D eigenvalue weighted by molar-refractivity contribution is -0.119. The van der Waals surface area contributed by atoms with E-state index in [9.17, 15) is 4.79 Å². The number of Topliss-reactive ketones (excluding diaryl/α,β-unsaturated/α-hetero) is 1. The van der Waals surface area contributed by atoms with Crippen LogP contribution in [0.3, 0.4) is 0 Å². The molecule has 12 heavy (non-hydrogen) atoms. The van der Waals surface area contributed by atoms with Crippen LogP contribution in [-0.2, 0) is 4.79 Å². The fourth-order valence-corrected chi connectivity index (χ4v) is 1.34. The van der Waals surface area contributed by atoms with Crippen molar-refractivity contribution in [2.24, 2.45) is 0 Å². The Labute approximate surface area is 74.8 Å². The number of aromatic nitrogens is 1. The van der Waals surface area contributed by atoms with Crippen LogP contribution in [0.1, 0.15) is 0 Å². The number of aliphatic hydroxyl groups is 1. The molecule has 1 N–H and O–H groups in total. The van der Waals surface area contributed by atoms with Gasteiger partial charge in [-0.05, 0) is 12.1 Å². The van der Waals surface area contributed by atoms with Gasteiger partial charge in [-0.3, -0.25) is 4.79 Å². The molecule has 0 saturated heterocycles. The van der Waals surface area contributed by atoms with Crippen LogP contribution in [0.15, 0.2) is 29.4 Å². The number of carbonyl (C=O) groups is 1. The number of ketones is 1. The Morgan fingerprint density at radius 3 is 3.00 bits per heavy atom. The Morgan fingerprint density at radius 2 is 2.42 bits per heavy atom. The van der Waals surface area contributed by atoms with Crippen molar-refractivity contribution in [2.75, 3.05) is 12.4 Å². The van der Waals surface area contributed by atoms with Crippen molar-refractivity contribution in [3.8, 4) is 0 Å². The molecule has 1 aromatic heterocycles. The lowest BCUT2D eigenvalue weighted by Gasteiger charge is -1.96. The van der Waals surface area contributed by atoms with Gasteiger partial charge in [-0.25, -0.2) is 4.98 Å². The van der Waals surface area contributed by atoms with Gasteiger partial charge in [-0.15, -0.1) is 0 Å². The number of thioether (sulfide) groups is 1. The zero-order valence-electron chi connectivity index (χ0n) is 6.43. The molecule has 0 amide bonds. The van der Waals surface area contributed by atoms with Crippen molar-refractivity contribution in [2.45, 2.75) is 5.03 Å². The van der Waals surface area contributed by atoms with Gasteiger partial charge in [0.1, 0.15) is 6.61 Å². The minimum absolute atomic E-state index is 0.175. The Morgan fingerprint density at radius 1 is 1.58 bits per heavy atom. The number of aliphatic hydroxyl groups excluding tert-OH is 1. The predicted octanol–water partition coefficient (Wildman–Crippen LogP) is 0.735. The summed E-state index contributed by atoms with van der Waals surface area (Å²) in [6.07, 6.45) is 1.67. The molecule has 1 rings (SSSR count). The van der Waals surface area contributed by atoms with E-state index < -0.39 is 0 Å². The number of rotatable bonds is 4. The van der Waals surface area contributed by atoms with Gasteiger partial charge in [0.05, 0.1) is 10.8 Å². The van der Waals surface area contributed by atoms with E-state index in [-0.39, 0.29) is 18.1 Å². The highest BCUT2D eigenvalue weighted by molar-refractivity contribution is 7.99. The normalized spacial score (nSPS) is 9.75. The molecular formula is C8H9NO2S. The molecule has 4 heteroatoms. The van der Waals surface area contributed by atoms with Crippen LogP contribution in [0.2, 0.25) is 0 Å². The summed E-state index contributed by atoms with van der Waals surface area (Å²) in [5.41, 5.74) is 0. The highest BCUT2D eigenvalue weighted by atomic mass is 32.2. The van der Waals surface area contributed by atoms with Crippen molar-refractivity contribution in [3.63, 3.8) is 0 Å². The first-order valence-corrected chi connectivity index (χ1v) is 4.48. The van der Waals surface area contributed by atoms with Crippen molar-refractivity contribution < 1.29 is 9.90 Å². The molecule has 0 aromatic carbocycles. The maximum Gasteiger partial charge on any atom is 0.168 e. The van der Waals surface area contributed by atoms with E-state index >= 15 is 0 Å². The summed E-state index contributed by atoms with van der Waals surface area (Å²) in [4.78, 5) is 14.7. The van der Waals surface area contributed by atoms with Gasteiger partial charge < -0.3 is 5.11 Å². The van der Waals surface area contributed by atoms with Crippen molar-refractivity contribution in [1.29, 1.82) is 0 Å². The average Bonchev–Trinajstić information content (AvgIpc) is 2.16. The SMILES string of the molecule is O=C(CO)CSc1ccccn1. The maximum atomic E-state index is 10.7. The summed E-state index contributed by atoms with van der Waals surface area (Å²) in [7, 11) is 0. The molecule has 0 radical (unpaired) electrons. The van der Waals surface area contributed by atoms with Gasteiger partial charge in [-0.1, -0.05) is 17.8 Å². The first-order valence-electron chi connectivity index (χ1n) is 3.49. The third-order valence-corrected chi connectivity index (χ3v) is 2.20. The van der Waals surface area contributed by atoms with E-state index in [0.717, 1.165) is 5.03 Å². The molecule has 1 aromatic rings. The number of hydrogen-bond donors (Lipinski definition) is 1. The van der Waals surface area contributed by atoms with E-state index in [1.54, 1.807) is 6.20 Å². The van der Waals surface area contributed by atoms with Gasteiger partial charge >= 0.3 is 0 Å². The quantitative estimate of drug-likeness (QED) is 0.699. The maximum absolute atomic E-state index is 10.7. The molecule has 0 fully saturated rings. The third-order valence-electron chi connectivity index (χ3n) is 1.20. The molecule has 3 nitrogen and oxygen atoms in total. The van der Waals surface area contributed by atoms with E-state index in [4.69, 9.17) is 5.11 Å². The lowest BCUT2D eigenvalue weighted by atomic mass is 10.5. The monoisotopic (exact) mass is 183 g/mol. The molecule has 0 saturated carbocycles. The third kappa shape index (κ3) is 3.02. The number of pyridine rings is 1. The number of carbonyl (C=O) groups excluding carboxylic acids is 1. The first kappa shape index (κ1) is 9.22. The molecule has 0 aliphatic rings. The molecule has 64 valence electrons. The fourth-order valence-electron chi connectivity index (χ4n) is 0.633. The van der Waals surface area contributed by atoms with Gasteiger partial charge in [0.2, 0.25) is 0 Å². The topological polar surface area (TPSA) is 50.2 Å². The Bertz CT molecular complexity index is 250. The van der Waals surface area contributed by atoms with Crippen LogP contribution in [0.5, 0.6) is 0 Å². The summed E-state index contributed by atoms with van der Waals surface area (Å²) in [5, 5.41) is 9.23. The van der Waals surface area contributed by atoms with Crippen LogP contribution >= 0.6 is 11.8 Å². The van der Waals surface area contributed by atoms with Gasteiger partial charge in [0.25, 0.3) is 0 Å². The molecule has 0 aliphatic heterocycles. The predicted molar refractivity (Wildman–Crippen MR) is 47.1 cm³/mol. The molecule has 0 spiro atoms. The van der Waals surface area contributed by atoms with E-state index in [1.165, 1.54) is 11.8 Å². The van der Waals surface area contributed by atoms with Crippen LogP contribution in [-0.4, -0.2) is 28.2 Å². The summed E-state index contributed by atoms with van der Waals surface area (Å²) in [5.74, 6) is 0.110. The summed E-state index contributed by atoms with van der Waals surface area (Å²) in [6.45, 7) is -0.389. The van der Waals surface area contributed by atoms with E-state index in [2.05, 4.69) is 4.98 Å². The largest absolute Gasteiger partial charge is 0.389 e. The highest BCUT2D eigenvalue weighted by Gasteiger charge is 2.00. The second-order valence-corrected chi connectivity index (χ2v) is 3.15. The second-order valence-electron chi connectivity index (χ2n) is 2.15. The summed E-state index contributed by atoms with van der Waals surface area (Å²) < 4.78 is 0. The van der Waals surface area contributed by atoms with Crippen molar-refractivity contribution in [1.82, 2.24) is 4.98 Å². The fraction of sp³-hybridized carbons (Fsp3) is 0.250. The molecule has 0 unspecified atom stereocenters. The van der Waals surface area contributed by atoms with Crippen LogP contribution in [0, 0.1) is 0 Å². The lowest BCUT2D eigenvalue weighted by Crippen LogP contribution is -2.06. The van der Waals surface area contributed by atoms with Crippen molar-refractivity contribution in [3.05, 3.63) is 24.4 Å². The van der Waals surface area contributed by atoms with E-state index in [0.29, 0.717) is 0 Å². The number of nitrogens with zero attached hydrogens (tertiary/aromatic N) is 1. The summed E-state index contributed by atoms with van der Waals surface area (Å²) in [6, 6.07) is 5.51. The van der Waals surface area contributed by atoms with Crippen LogP contribution < -0.4 is 0 Å². The standard InChI is InChI=1S/C8H9NO2S/c10-5-7(11)6-12-8-3-1-2-4-9-8/h1-4,10H,5-6H2. The average molecular weight is 183 g/mol. The van der Waals surface area contributed by atoms with Crippen molar-refractivity contribution >= 4 is 17.5 Å². The second kappa shape index (κ2) is 4.90. The van der Waals surface area contributed by atoms with E-state index in [1.807, 2.05) is 18.2 Å². The molecule has 1 heterocycles. The first-order chi connectivity index (χ1) is 5.83. The zero-order chi connectivity index (χ0) is 8.81. The smallest absolute Gasteiger partial charge is 0.168 e.